The van der Waals surface area contributed by atoms with Crippen molar-refractivity contribution in [3.05, 3.63) is 65.5 Å². The summed E-state index contributed by atoms with van der Waals surface area (Å²) in [5.74, 6) is -3.62. The van der Waals surface area contributed by atoms with E-state index in [0.29, 0.717) is 11.1 Å². The molecule has 0 fully saturated rings. The molecule has 2 N–H and O–H groups in total. The van der Waals surface area contributed by atoms with Crippen LogP contribution in [-0.4, -0.2) is 32.9 Å². The molecule has 0 saturated heterocycles. The number of carboxylic acids is 2. The van der Waals surface area contributed by atoms with Gasteiger partial charge in [-0.2, -0.15) is 0 Å². The van der Waals surface area contributed by atoms with Gasteiger partial charge >= 0.3 is 11.9 Å². The minimum Gasteiger partial charge on any atom is -0.473 e. The molecule has 1 heterocycles. The maximum atomic E-state index is 12.0. The summed E-state index contributed by atoms with van der Waals surface area (Å²) < 4.78 is 0. The van der Waals surface area contributed by atoms with E-state index in [9.17, 15) is 4.79 Å². The average molecular weight is 287 g/mol. The van der Waals surface area contributed by atoms with Crippen molar-refractivity contribution in [1.82, 2.24) is 4.98 Å². The minimum absolute atomic E-state index is 0.0289. The number of hydrogen-bond donors (Lipinski definition) is 2. The zero-order valence-corrected chi connectivity index (χ0v) is 11.2. The number of carboxylic acid groups (broad SMARTS) is 2. The predicted octanol–water partition coefficient (Wildman–Crippen LogP) is 1.78. The summed E-state index contributed by atoms with van der Waals surface area (Å²) in [5.41, 5.74) is 2.14. The first-order valence-corrected chi connectivity index (χ1v) is 5.91. The number of aliphatic carboxylic acids is 2. The summed E-state index contributed by atoms with van der Waals surface area (Å²) >= 11 is 0. The molecule has 1 aromatic carbocycles. The molecular formula is C15H13NO5. The number of pyridine rings is 1. The van der Waals surface area contributed by atoms with Crippen LogP contribution in [0, 0.1) is 6.92 Å². The normalized spacial score (nSPS) is 9.19. The monoisotopic (exact) mass is 287 g/mol. The summed E-state index contributed by atoms with van der Waals surface area (Å²) in [6.45, 7) is 1.84. The lowest BCUT2D eigenvalue weighted by atomic mass is 10.0. The molecule has 0 unspecified atom stereocenters. The van der Waals surface area contributed by atoms with E-state index in [0.717, 1.165) is 5.69 Å². The number of carbonyl (C=O) groups excluding carboxylic acids is 1. The molecule has 0 aliphatic heterocycles. The van der Waals surface area contributed by atoms with Gasteiger partial charge in [0.05, 0.1) is 0 Å². The van der Waals surface area contributed by atoms with Crippen LogP contribution in [0.5, 0.6) is 0 Å². The molecule has 0 radical (unpaired) electrons. The summed E-state index contributed by atoms with van der Waals surface area (Å²) in [6, 6.07) is 12.8. The number of aromatic nitrogens is 1. The topological polar surface area (TPSA) is 105 Å². The highest BCUT2D eigenvalue weighted by Gasteiger charge is 2.10. The first kappa shape index (κ1) is 16.0. The van der Waals surface area contributed by atoms with Crippen LogP contribution in [-0.2, 0) is 9.59 Å². The maximum absolute atomic E-state index is 12.0. The average Bonchev–Trinajstić information content (AvgIpc) is 2.48. The maximum Gasteiger partial charge on any atom is 0.414 e. The number of carbonyl (C=O) groups is 3. The lowest BCUT2D eigenvalue weighted by Crippen LogP contribution is -2.09. The van der Waals surface area contributed by atoms with Crippen LogP contribution in [0.2, 0.25) is 0 Å². The molecule has 0 saturated carbocycles. The van der Waals surface area contributed by atoms with Crippen LogP contribution >= 0.6 is 0 Å². The molecule has 1 aromatic heterocycles. The number of benzene rings is 1. The van der Waals surface area contributed by atoms with Crippen LogP contribution in [0.25, 0.3) is 0 Å². The van der Waals surface area contributed by atoms with Gasteiger partial charge in [-0.15, -0.1) is 0 Å². The standard InChI is InChI=1S/C13H11NO.C2H2O4/c1-10-12(8-5-9-14-10)13(15)11-6-3-2-4-7-11;3-1(4)2(5)6/h2-9H,1H3;(H,3,4)(H,5,6). The van der Waals surface area contributed by atoms with Gasteiger partial charge in [-0.3, -0.25) is 9.78 Å². The number of aryl methyl sites for hydroxylation is 1. The summed E-state index contributed by atoms with van der Waals surface area (Å²) in [6.07, 6.45) is 1.69. The Morgan fingerprint density at radius 2 is 1.48 bits per heavy atom. The Balaban J connectivity index is 0.000000315. The van der Waals surface area contributed by atoms with Crippen molar-refractivity contribution in [3.63, 3.8) is 0 Å². The fourth-order valence-corrected chi connectivity index (χ4v) is 1.47. The van der Waals surface area contributed by atoms with Crippen molar-refractivity contribution in [3.8, 4) is 0 Å². The predicted molar refractivity (Wildman–Crippen MR) is 74.1 cm³/mol. The zero-order valence-electron chi connectivity index (χ0n) is 11.2. The van der Waals surface area contributed by atoms with Crippen molar-refractivity contribution in [2.24, 2.45) is 0 Å². The lowest BCUT2D eigenvalue weighted by Gasteiger charge is -2.02. The third kappa shape index (κ3) is 4.87. The Bertz CT molecular complexity index is 640. The highest BCUT2D eigenvalue weighted by atomic mass is 16.4. The van der Waals surface area contributed by atoms with E-state index in [4.69, 9.17) is 19.8 Å². The summed E-state index contributed by atoms with van der Waals surface area (Å²) in [4.78, 5) is 34.3. The quantitative estimate of drug-likeness (QED) is 0.644. The molecular weight excluding hydrogens is 274 g/mol. The van der Waals surface area contributed by atoms with E-state index in [-0.39, 0.29) is 5.78 Å². The van der Waals surface area contributed by atoms with Crippen LogP contribution in [0.1, 0.15) is 21.6 Å². The largest absolute Gasteiger partial charge is 0.473 e. The van der Waals surface area contributed by atoms with Crippen molar-refractivity contribution < 1.29 is 24.6 Å². The minimum atomic E-state index is -1.82. The second-order valence-corrected chi connectivity index (χ2v) is 3.94. The van der Waals surface area contributed by atoms with Gasteiger partial charge in [0.25, 0.3) is 0 Å². The van der Waals surface area contributed by atoms with Crippen LogP contribution in [0.15, 0.2) is 48.7 Å². The Kier molecular flexibility index (Phi) is 5.76. The lowest BCUT2D eigenvalue weighted by molar-refractivity contribution is -0.159. The molecule has 108 valence electrons. The van der Waals surface area contributed by atoms with Gasteiger partial charge in [0, 0.05) is 23.0 Å². The highest BCUT2D eigenvalue weighted by molar-refractivity contribution is 6.27. The van der Waals surface area contributed by atoms with E-state index in [1.165, 1.54) is 0 Å². The van der Waals surface area contributed by atoms with Crippen molar-refractivity contribution >= 4 is 17.7 Å². The fraction of sp³-hybridized carbons (Fsp3) is 0.0667. The molecule has 6 nitrogen and oxygen atoms in total. The fourth-order valence-electron chi connectivity index (χ4n) is 1.47. The molecule has 0 aliphatic rings. The molecule has 0 amide bonds. The first-order valence-electron chi connectivity index (χ1n) is 5.91. The third-order valence-electron chi connectivity index (χ3n) is 2.47. The van der Waals surface area contributed by atoms with Crippen molar-refractivity contribution in [2.45, 2.75) is 6.92 Å². The molecule has 2 rings (SSSR count). The third-order valence-corrected chi connectivity index (χ3v) is 2.47. The second-order valence-electron chi connectivity index (χ2n) is 3.94. The summed E-state index contributed by atoms with van der Waals surface area (Å²) in [7, 11) is 0. The van der Waals surface area contributed by atoms with E-state index in [1.54, 1.807) is 18.3 Å². The van der Waals surface area contributed by atoms with Gasteiger partial charge in [-0.25, -0.2) is 9.59 Å². The molecule has 21 heavy (non-hydrogen) atoms. The van der Waals surface area contributed by atoms with Gasteiger partial charge in [0.15, 0.2) is 5.78 Å². The molecule has 0 bridgehead atoms. The Labute approximate surface area is 120 Å². The number of ketones is 1. The van der Waals surface area contributed by atoms with E-state index < -0.39 is 11.9 Å². The van der Waals surface area contributed by atoms with Crippen molar-refractivity contribution in [1.29, 1.82) is 0 Å². The van der Waals surface area contributed by atoms with Gasteiger partial charge in [0.2, 0.25) is 0 Å². The molecule has 0 atom stereocenters. The number of rotatable bonds is 2. The van der Waals surface area contributed by atoms with Crippen LogP contribution in [0.4, 0.5) is 0 Å². The Hall–Kier alpha value is -3.02. The van der Waals surface area contributed by atoms with Gasteiger partial charge in [0.1, 0.15) is 0 Å². The van der Waals surface area contributed by atoms with Crippen molar-refractivity contribution in [2.75, 3.05) is 0 Å². The zero-order chi connectivity index (χ0) is 15.8. The van der Waals surface area contributed by atoms with E-state index in [1.807, 2.05) is 37.3 Å². The van der Waals surface area contributed by atoms with Gasteiger partial charge in [-0.1, -0.05) is 30.3 Å². The van der Waals surface area contributed by atoms with Gasteiger partial charge in [-0.05, 0) is 19.1 Å². The SMILES string of the molecule is Cc1ncccc1C(=O)c1ccccc1.O=C(O)C(=O)O. The highest BCUT2D eigenvalue weighted by Crippen LogP contribution is 2.11. The van der Waals surface area contributed by atoms with E-state index >= 15 is 0 Å². The molecule has 0 aliphatic carbocycles. The summed E-state index contributed by atoms with van der Waals surface area (Å²) in [5, 5.41) is 14.8. The first-order chi connectivity index (χ1) is 9.93. The Morgan fingerprint density at radius 1 is 0.905 bits per heavy atom. The van der Waals surface area contributed by atoms with Gasteiger partial charge < -0.3 is 10.2 Å². The van der Waals surface area contributed by atoms with Crippen LogP contribution in [0.3, 0.4) is 0 Å². The number of nitrogens with zero attached hydrogens (tertiary/aromatic N) is 1. The molecule has 6 heteroatoms. The second kappa shape index (κ2) is 7.54. The van der Waals surface area contributed by atoms with Crippen LogP contribution < -0.4 is 0 Å². The molecule has 0 spiro atoms. The Morgan fingerprint density at radius 3 is 1.95 bits per heavy atom. The smallest absolute Gasteiger partial charge is 0.414 e. The molecule has 2 aromatic rings. The van der Waals surface area contributed by atoms with E-state index in [2.05, 4.69) is 4.98 Å². The number of hydrogen-bond acceptors (Lipinski definition) is 4.